The molecule has 0 aromatic heterocycles. The predicted octanol–water partition coefficient (Wildman–Crippen LogP) is -0.623. The van der Waals surface area contributed by atoms with E-state index >= 15 is 0 Å². The summed E-state index contributed by atoms with van der Waals surface area (Å²) in [5.74, 6) is -0.917. The number of aliphatic hydroxyl groups is 7. The molecule has 1 aromatic carbocycles. The quantitative estimate of drug-likeness (QED) is 0.132. The van der Waals surface area contributed by atoms with Crippen LogP contribution in [0.1, 0.15) is 22.3 Å². The van der Waals surface area contributed by atoms with Crippen LogP contribution in [0.3, 0.4) is 0 Å². The first kappa shape index (κ1) is 31.7. The Balaban J connectivity index is 1.29. The molecule has 8 N–H and O–H groups in total. The number of ether oxygens (including phenoxy) is 4. The van der Waals surface area contributed by atoms with Crippen LogP contribution in [0.15, 0.2) is 47.2 Å². The van der Waals surface area contributed by atoms with Crippen LogP contribution in [0, 0.1) is 0 Å². The average molecular weight is 623 g/mol. The number of fused-ring (bicyclic) bond motifs is 1. The fourth-order valence-corrected chi connectivity index (χ4v) is 5.99. The first-order chi connectivity index (χ1) is 20.6. The number of aromatic hydroxyl groups is 1. The van der Waals surface area contributed by atoms with Crippen molar-refractivity contribution in [1.29, 1.82) is 0 Å². The zero-order valence-electron chi connectivity index (χ0n) is 22.7. The molecule has 4 aliphatic rings. The minimum Gasteiger partial charge on any atom is -0.507 e. The molecule has 0 radical (unpaired) electrons. The summed E-state index contributed by atoms with van der Waals surface area (Å²) in [6.45, 7) is -1.48. The van der Waals surface area contributed by atoms with E-state index in [4.69, 9.17) is 18.9 Å². The van der Waals surface area contributed by atoms with E-state index in [1.54, 1.807) is 11.3 Å². The van der Waals surface area contributed by atoms with E-state index < -0.39 is 80.4 Å². The minimum atomic E-state index is -1.82. The summed E-state index contributed by atoms with van der Waals surface area (Å²) in [5, 5.41) is 86.0. The summed E-state index contributed by atoms with van der Waals surface area (Å²) in [6, 6.07) is 10.0. The maximum absolute atomic E-state index is 13.3. The number of rotatable bonds is 10. The number of ketones is 1. The lowest BCUT2D eigenvalue weighted by molar-refractivity contribution is -0.352. The summed E-state index contributed by atoms with van der Waals surface area (Å²) in [7, 11) is 0. The van der Waals surface area contributed by atoms with Crippen molar-refractivity contribution in [2.75, 3.05) is 13.2 Å². The summed E-state index contributed by atoms with van der Waals surface area (Å²) in [5.41, 5.74) is 2.92. The normalized spacial score (nSPS) is 33.0. The van der Waals surface area contributed by atoms with Crippen LogP contribution in [0.2, 0.25) is 0 Å². The van der Waals surface area contributed by atoms with Crippen molar-refractivity contribution in [3.8, 4) is 22.6 Å². The highest BCUT2D eigenvalue weighted by Crippen LogP contribution is 2.35. The van der Waals surface area contributed by atoms with E-state index in [2.05, 4.69) is 0 Å². The van der Waals surface area contributed by atoms with E-state index in [1.807, 2.05) is 29.0 Å². The Kier molecular flexibility index (Phi) is 9.95. The lowest BCUT2D eigenvalue weighted by Crippen LogP contribution is -2.65. The van der Waals surface area contributed by atoms with Gasteiger partial charge in [-0.05, 0) is 52.1 Å². The van der Waals surface area contributed by atoms with Crippen molar-refractivity contribution >= 4 is 17.1 Å². The second kappa shape index (κ2) is 13.5. The first-order valence-corrected chi connectivity index (χ1v) is 14.6. The van der Waals surface area contributed by atoms with Crippen molar-refractivity contribution < 1.29 is 64.6 Å². The smallest absolute Gasteiger partial charge is 0.229 e. The number of phenolic OH excluding ortho intramolecular Hbond substituents is 1. The molecule has 5 rings (SSSR count). The molecule has 13 nitrogen and oxygen atoms in total. The van der Waals surface area contributed by atoms with E-state index in [-0.39, 0.29) is 23.5 Å². The summed E-state index contributed by atoms with van der Waals surface area (Å²) in [6.07, 6.45) is -15.9. The molecule has 3 aliphatic heterocycles. The maximum Gasteiger partial charge on any atom is 0.229 e. The summed E-state index contributed by atoms with van der Waals surface area (Å²) < 4.78 is 22.3. The Morgan fingerprint density at radius 1 is 0.837 bits per heavy atom. The van der Waals surface area contributed by atoms with Gasteiger partial charge < -0.3 is 59.8 Å². The fourth-order valence-electron chi connectivity index (χ4n) is 5.35. The number of aliphatic hydroxyl groups excluding tert-OH is 7. The zero-order valence-corrected chi connectivity index (χ0v) is 23.6. The molecule has 43 heavy (non-hydrogen) atoms. The predicted molar refractivity (Wildman–Crippen MR) is 149 cm³/mol. The van der Waals surface area contributed by atoms with Crippen molar-refractivity contribution in [1.82, 2.24) is 0 Å². The van der Waals surface area contributed by atoms with Crippen LogP contribution in [0.5, 0.6) is 11.5 Å². The highest BCUT2D eigenvalue weighted by Gasteiger charge is 2.51. The van der Waals surface area contributed by atoms with Gasteiger partial charge in [0, 0.05) is 6.42 Å². The Bertz CT molecular complexity index is 1350. The molecule has 2 saturated heterocycles. The van der Waals surface area contributed by atoms with Gasteiger partial charge in [0.05, 0.1) is 13.2 Å². The maximum atomic E-state index is 13.3. The van der Waals surface area contributed by atoms with Gasteiger partial charge >= 0.3 is 0 Å². The molecule has 0 spiro atoms. The average Bonchev–Trinajstić information content (AvgIpc) is 3.42. The SMILES string of the molecule is O=C(CCc1ccc2csccc1-2)c1c(O)cccc1O[C@@H]1O[C@H](CO)[C@@H](O[C@@H]2O[C@H](CO)[C@@H](O)[C@H](O)[C@H]2O)[C@H](O)[C@H]1O. The molecule has 3 heterocycles. The van der Waals surface area contributed by atoms with Gasteiger partial charge in [-0.2, -0.15) is 11.3 Å². The van der Waals surface area contributed by atoms with Gasteiger partial charge in [0.2, 0.25) is 6.29 Å². The van der Waals surface area contributed by atoms with Crippen LogP contribution >= 0.6 is 11.3 Å². The molecule has 14 heteroatoms. The third kappa shape index (κ3) is 6.41. The number of benzene rings is 1. The van der Waals surface area contributed by atoms with Crippen molar-refractivity contribution in [3.05, 3.63) is 58.3 Å². The van der Waals surface area contributed by atoms with Crippen LogP contribution in [0.25, 0.3) is 11.1 Å². The Morgan fingerprint density at radius 2 is 1.56 bits per heavy atom. The Morgan fingerprint density at radius 3 is 2.30 bits per heavy atom. The summed E-state index contributed by atoms with van der Waals surface area (Å²) >= 11 is 1.56. The van der Waals surface area contributed by atoms with Gasteiger partial charge in [-0.1, -0.05) is 18.2 Å². The van der Waals surface area contributed by atoms with Crippen LogP contribution < -0.4 is 4.74 Å². The molecular weight excluding hydrogens is 588 g/mol. The topological polar surface area (TPSA) is 216 Å². The molecular formula is C29H34O13S. The van der Waals surface area contributed by atoms with Gasteiger partial charge in [-0.15, -0.1) is 0 Å². The number of phenols is 1. The van der Waals surface area contributed by atoms with E-state index in [9.17, 15) is 45.6 Å². The Labute approximate surface area is 250 Å². The molecule has 0 saturated carbocycles. The standard InChI is InChI=1S/C29H34O13S/c30-10-19-22(34)23(35)25(37)29(40-19)42-27-20(11-31)41-28(26(38)24(27)36)39-18-3-1-2-16(32)21(18)17(33)7-6-13-4-5-14-12-43-9-8-15(13)14/h1-5,8-9,12,19-20,22-32,34-38H,6-7,10-11H2/t19-,20-,22-,23+,24-,25-,26-,27-,28-,29+/m1/s1. The van der Waals surface area contributed by atoms with Crippen LogP contribution in [-0.2, 0) is 20.6 Å². The number of carbonyl (C=O) groups is 1. The lowest BCUT2D eigenvalue weighted by atomic mass is 9.97. The van der Waals surface area contributed by atoms with Crippen molar-refractivity contribution in [3.63, 3.8) is 0 Å². The van der Waals surface area contributed by atoms with E-state index in [1.165, 1.54) is 18.2 Å². The molecule has 234 valence electrons. The first-order valence-electron chi connectivity index (χ1n) is 13.7. The van der Waals surface area contributed by atoms with Gasteiger partial charge in [-0.3, -0.25) is 4.79 Å². The third-order valence-corrected chi connectivity index (χ3v) is 8.42. The molecule has 0 amide bonds. The molecule has 0 bridgehead atoms. The van der Waals surface area contributed by atoms with Crippen molar-refractivity contribution in [2.45, 2.75) is 74.3 Å². The number of aryl methyl sites for hydroxylation is 1. The van der Waals surface area contributed by atoms with Crippen molar-refractivity contribution in [2.24, 2.45) is 0 Å². The van der Waals surface area contributed by atoms with Crippen LogP contribution in [0.4, 0.5) is 0 Å². The van der Waals surface area contributed by atoms with Gasteiger partial charge in [0.1, 0.15) is 65.9 Å². The number of Topliss-reactive ketones (excluding diaryl/α,β-unsaturated/α-hetero) is 1. The molecule has 1 aromatic rings. The molecule has 10 atom stereocenters. The number of hydrogen-bond acceptors (Lipinski definition) is 14. The van der Waals surface area contributed by atoms with E-state index in [0.29, 0.717) is 6.42 Å². The van der Waals surface area contributed by atoms with Gasteiger partial charge in [0.25, 0.3) is 0 Å². The number of carbonyl (C=O) groups excluding carboxylic acids is 1. The Hall–Kier alpha value is -2.73. The highest BCUT2D eigenvalue weighted by atomic mass is 32.1. The van der Waals surface area contributed by atoms with E-state index in [0.717, 1.165) is 16.7 Å². The largest absolute Gasteiger partial charge is 0.507 e. The van der Waals surface area contributed by atoms with Crippen LogP contribution in [-0.4, -0.2) is 121 Å². The minimum absolute atomic E-state index is 0.0380. The highest BCUT2D eigenvalue weighted by molar-refractivity contribution is 7.07. The lowest BCUT2D eigenvalue weighted by Gasteiger charge is -2.45. The molecule has 2 fully saturated rings. The second-order valence-electron chi connectivity index (χ2n) is 10.5. The van der Waals surface area contributed by atoms with Gasteiger partial charge in [0.15, 0.2) is 12.1 Å². The monoisotopic (exact) mass is 622 g/mol. The second-order valence-corrected chi connectivity index (χ2v) is 11.3. The number of hydrogen-bond donors (Lipinski definition) is 8. The molecule has 1 aliphatic carbocycles. The summed E-state index contributed by atoms with van der Waals surface area (Å²) in [4.78, 5) is 13.3. The van der Waals surface area contributed by atoms with Gasteiger partial charge in [-0.25, -0.2) is 0 Å². The zero-order chi connectivity index (χ0) is 30.8. The third-order valence-electron chi connectivity index (χ3n) is 7.74. The fraction of sp³-hybridized carbons (Fsp3) is 0.483. The molecule has 0 unspecified atom stereocenters.